The van der Waals surface area contributed by atoms with Gasteiger partial charge in [-0.15, -0.1) is 11.3 Å². The van der Waals surface area contributed by atoms with Crippen molar-refractivity contribution in [3.8, 4) is 0 Å². The molecule has 0 amide bonds. The lowest BCUT2D eigenvalue weighted by Gasteiger charge is -2.37. The Bertz CT molecular complexity index is 1270. The first-order chi connectivity index (χ1) is 16.6. The number of carbonyl (C=O) groups is 1. The molecule has 0 bridgehead atoms. The summed E-state index contributed by atoms with van der Waals surface area (Å²) in [6.07, 6.45) is 6.71. The van der Waals surface area contributed by atoms with Gasteiger partial charge in [0.15, 0.2) is 11.7 Å². The van der Waals surface area contributed by atoms with Gasteiger partial charge in [0, 0.05) is 62.8 Å². The minimum absolute atomic E-state index is 0.0611. The second-order valence-corrected chi connectivity index (χ2v) is 9.36. The molecule has 6 nitrogen and oxygen atoms in total. The number of hydrogen-bond donors (Lipinski definition) is 1. The average Bonchev–Trinajstić information content (AvgIpc) is 3.36. The lowest BCUT2D eigenvalue weighted by atomic mass is 9.98. The summed E-state index contributed by atoms with van der Waals surface area (Å²) in [4.78, 5) is 29.7. The standard InChI is InChI=1S/C25H26FN3O2S.CH4O/c1-2-28-15-19(16-30)24(31)20-12-21(26)23(13-22(20)28)29-9-7-27(8-10-29)14-18-5-3-4-17-6-11-32-25(17)18;1-2/h5-6,11-13,15-16H,2-4,7-10,14H2,1H3;2H,1H3. The molecule has 5 rings (SSSR count). The molecule has 3 heterocycles. The molecule has 180 valence electrons. The van der Waals surface area contributed by atoms with E-state index in [-0.39, 0.29) is 10.9 Å². The Morgan fingerprint density at radius 3 is 2.65 bits per heavy atom. The van der Waals surface area contributed by atoms with E-state index in [9.17, 15) is 9.59 Å². The van der Waals surface area contributed by atoms with Crippen LogP contribution in [0.15, 0.2) is 40.6 Å². The van der Waals surface area contributed by atoms with E-state index in [0.29, 0.717) is 24.0 Å². The lowest BCUT2D eigenvalue weighted by molar-refractivity contribution is 0.112. The van der Waals surface area contributed by atoms with Gasteiger partial charge >= 0.3 is 0 Å². The van der Waals surface area contributed by atoms with Gasteiger partial charge in [0.1, 0.15) is 5.82 Å². The van der Waals surface area contributed by atoms with Crippen molar-refractivity contribution < 1.29 is 14.3 Å². The maximum absolute atomic E-state index is 15.1. The first-order valence-corrected chi connectivity index (χ1v) is 12.5. The number of allylic oxidation sites excluding steroid dienone is 1. The number of aromatic nitrogens is 1. The fourth-order valence-electron chi connectivity index (χ4n) is 4.84. The fraction of sp³-hybridized carbons (Fsp3) is 0.385. The van der Waals surface area contributed by atoms with Crippen molar-refractivity contribution >= 4 is 39.8 Å². The monoisotopic (exact) mass is 483 g/mol. The molecular formula is C26H30FN3O3S. The third-order valence-electron chi connectivity index (χ3n) is 6.59. The van der Waals surface area contributed by atoms with Gasteiger partial charge in [0.05, 0.1) is 16.8 Å². The Morgan fingerprint density at radius 1 is 1.18 bits per heavy atom. The molecule has 2 aromatic heterocycles. The molecule has 8 heteroatoms. The van der Waals surface area contributed by atoms with Crippen molar-refractivity contribution in [2.75, 3.05) is 44.7 Å². The molecule has 1 N–H and O–H groups in total. The van der Waals surface area contributed by atoms with Crippen LogP contribution in [0.1, 0.15) is 34.1 Å². The first kappa shape index (κ1) is 24.3. The van der Waals surface area contributed by atoms with Crippen molar-refractivity contribution in [3.05, 3.63) is 67.9 Å². The van der Waals surface area contributed by atoms with Crippen LogP contribution in [-0.2, 0) is 13.0 Å². The normalized spacial score (nSPS) is 16.0. The molecule has 0 unspecified atom stereocenters. The highest BCUT2D eigenvalue weighted by atomic mass is 32.1. The summed E-state index contributed by atoms with van der Waals surface area (Å²) in [5.41, 5.74) is 3.72. The van der Waals surface area contributed by atoms with Crippen LogP contribution in [0.2, 0.25) is 0 Å². The van der Waals surface area contributed by atoms with Crippen molar-refractivity contribution in [3.63, 3.8) is 0 Å². The maximum Gasteiger partial charge on any atom is 0.199 e. The number of benzene rings is 1. The number of aliphatic hydroxyl groups is 1. The number of halogens is 1. The Morgan fingerprint density at radius 2 is 1.94 bits per heavy atom. The smallest absolute Gasteiger partial charge is 0.199 e. The largest absolute Gasteiger partial charge is 0.400 e. The Labute approximate surface area is 202 Å². The van der Waals surface area contributed by atoms with Crippen molar-refractivity contribution in [1.82, 2.24) is 9.47 Å². The molecule has 0 atom stereocenters. The molecule has 34 heavy (non-hydrogen) atoms. The van der Waals surface area contributed by atoms with E-state index in [1.807, 2.05) is 22.8 Å². The molecule has 0 saturated carbocycles. The zero-order valence-electron chi connectivity index (χ0n) is 19.6. The predicted octanol–water partition coefficient (Wildman–Crippen LogP) is 3.79. The number of hydrogen-bond acceptors (Lipinski definition) is 6. The summed E-state index contributed by atoms with van der Waals surface area (Å²) in [5, 5.41) is 9.44. The molecule has 3 aromatic rings. The molecule has 1 aromatic carbocycles. The zero-order valence-corrected chi connectivity index (χ0v) is 20.4. The minimum Gasteiger partial charge on any atom is -0.400 e. The van der Waals surface area contributed by atoms with Crippen LogP contribution >= 0.6 is 11.3 Å². The molecule has 0 radical (unpaired) electrons. The second kappa shape index (κ2) is 10.6. The predicted molar refractivity (Wildman–Crippen MR) is 137 cm³/mol. The van der Waals surface area contributed by atoms with Crippen molar-refractivity contribution in [2.24, 2.45) is 0 Å². The summed E-state index contributed by atoms with van der Waals surface area (Å²) in [7, 11) is 1.00. The van der Waals surface area contributed by atoms with Gasteiger partial charge in [-0.05, 0) is 54.5 Å². The summed E-state index contributed by atoms with van der Waals surface area (Å²) in [6.45, 7) is 6.66. The molecule has 0 spiro atoms. The van der Waals surface area contributed by atoms with E-state index >= 15 is 4.39 Å². The zero-order chi connectivity index (χ0) is 24.2. The highest BCUT2D eigenvalue weighted by Gasteiger charge is 2.23. The Hall–Kier alpha value is -2.81. The maximum atomic E-state index is 15.1. The number of aryl methyl sites for hydroxylation is 2. The quantitative estimate of drug-likeness (QED) is 0.560. The third kappa shape index (κ3) is 4.58. The summed E-state index contributed by atoms with van der Waals surface area (Å²) in [6, 6.07) is 5.30. The van der Waals surface area contributed by atoms with Gasteiger partial charge < -0.3 is 14.6 Å². The summed E-state index contributed by atoms with van der Waals surface area (Å²) < 4.78 is 16.9. The van der Waals surface area contributed by atoms with Crippen LogP contribution < -0.4 is 10.3 Å². The van der Waals surface area contributed by atoms with Gasteiger partial charge in [-0.25, -0.2) is 4.39 Å². The van der Waals surface area contributed by atoms with Crippen LogP contribution in [0.5, 0.6) is 0 Å². The summed E-state index contributed by atoms with van der Waals surface area (Å²) in [5.74, 6) is -0.410. The Balaban J connectivity index is 0.00000133. The number of thiophene rings is 1. The number of rotatable bonds is 5. The van der Waals surface area contributed by atoms with Crippen LogP contribution in [-0.4, -0.2) is 60.7 Å². The van der Waals surface area contributed by atoms with Crippen LogP contribution in [0.25, 0.3) is 16.5 Å². The van der Waals surface area contributed by atoms with Crippen molar-refractivity contribution in [2.45, 2.75) is 26.3 Å². The lowest BCUT2D eigenvalue weighted by Crippen LogP contribution is -2.47. The van der Waals surface area contributed by atoms with E-state index in [0.717, 1.165) is 52.7 Å². The number of nitrogens with zero attached hydrogens (tertiary/aromatic N) is 3. The molecule has 1 fully saturated rings. The Kier molecular flexibility index (Phi) is 7.60. The van der Waals surface area contributed by atoms with Gasteiger partial charge in [-0.3, -0.25) is 14.5 Å². The highest BCUT2D eigenvalue weighted by Crippen LogP contribution is 2.32. The number of carbonyl (C=O) groups excluding carboxylic acids is 1. The number of anilines is 1. The van der Waals surface area contributed by atoms with E-state index < -0.39 is 11.2 Å². The van der Waals surface area contributed by atoms with Crippen LogP contribution in [0, 0.1) is 5.82 Å². The second-order valence-electron chi connectivity index (χ2n) is 8.44. The average molecular weight is 484 g/mol. The number of aldehydes is 1. The molecule has 2 aliphatic rings. The van der Waals surface area contributed by atoms with E-state index in [2.05, 4.69) is 27.3 Å². The first-order valence-electron chi connectivity index (χ1n) is 11.6. The number of aliphatic hydroxyl groups excluding tert-OH is 1. The molecule has 1 aliphatic carbocycles. The molecular weight excluding hydrogens is 453 g/mol. The highest BCUT2D eigenvalue weighted by molar-refractivity contribution is 7.11. The van der Waals surface area contributed by atoms with Gasteiger partial charge in [-0.1, -0.05) is 6.08 Å². The van der Waals surface area contributed by atoms with Gasteiger partial charge in [0.2, 0.25) is 0 Å². The SMILES string of the molecule is CCn1cc(C=O)c(=O)c2cc(F)c(N3CCN(CC4=CCCc5ccsc54)CC3)cc21.CO. The fourth-order valence-corrected chi connectivity index (χ4v) is 5.83. The van der Waals surface area contributed by atoms with E-state index in [4.69, 9.17) is 5.11 Å². The molecule has 1 aliphatic heterocycles. The number of fused-ring (bicyclic) bond motifs is 2. The van der Waals surface area contributed by atoms with E-state index in [1.165, 1.54) is 22.1 Å². The number of pyridine rings is 1. The minimum atomic E-state index is -0.413. The topological polar surface area (TPSA) is 65.8 Å². The van der Waals surface area contributed by atoms with Crippen molar-refractivity contribution in [1.29, 1.82) is 0 Å². The van der Waals surface area contributed by atoms with Gasteiger partial charge in [0.25, 0.3) is 0 Å². The number of piperazine rings is 1. The van der Waals surface area contributed by atoms with Gasteiger partial charge in [-0.2, -0.15) is 0 Å². The van der Waals surface area contributed by atoms with Crippen LogP contribution in [0.4, 0.5) is 10.1 Å². The summed E-state index contributed by atoms with van der Waals surface area (Å²) >= 11 is 1.83. The third-order valence-corrected chi connectivity index (χ3v) is 7.63. The van der Waals surface area contributed by atoms with E-state index in [1.54, 1.807) is 12.3 Å². The van der Waals surface area contributed by atoms with Crippen LogP contribution in [0.3, 0.4) is 0 Å². The molecule has 1 saturated heterocycles.